The second kappa shape index (κ2) is 4.69. The third-order valence-electron chi connectivity index (χ3n) is 3.58. The normalized spacial score (nSPS) is 20.5. The molecule has 0 aromatic carbocycles. The van der Waals surface area contributed by atoms with E-state index < -0.39 is 20.1 Å². The number of rotatable bonds is 4. The fourth-order valence-corrected chi connectivity index (χ4v) is 3.13. The van der Waals surface area contributed by atoms with E-state index in [1.807, 2.05) is 0 Å². The lowest BCUT2D eigenvalue weighted by Crippen LogP contribution is -2.46. The number of carbonyl (C=O) groups is 1. The van der Waals surface area contributed by atoms with Crippen LogP contribution in [0.3, 0.4) is 0 Å². The molecule has 1 fully saturated rings. The van der Waals surface area contributed by atoms with E-state index in [0.29, 0.717) is 12.8 Å². The number of ketones is 1. The van der Waals surface area contributed by atoms with Gasteiger partial charge >= 0.3 is 0 Å². The minimum atomic E-state index is -3.23. The first-order chi connectivity index (χ1) is 7.58. The van der Waals surface area contributed by atoms with E-state index in [1.165, 1.54) is 0 Å². The maximum atomic E-state index is 12.0. The van der Waals surface area contributed by atoms with Gasteiger partial charge in [0.25, 0.3) is 0 Å². The van der Waals surface area contributed by atoms with Gasteiger partial charge in [-0.15, -0.1) is 0 Å². The molecule has 100 valence electrons. The molecule has 1 aliphatic rings. The van der Waals surface area contributed by atoms with Crippen molar-refractivity contribution in [3.05, 3.63) is 0 Å². The summed E-state index contributed by atoms with van der Waals surface area (Å²) in [5.41, 5.74) is 5.24. The number of nitrogens with two attached hydrogens (primary N) is 1. The van der Waals surface area contributed by atoms with E-state index in [1.54, 1.807) is 20.8 Å². The molecule has 0 aromatic rings. The molecular weight excluding hydrogens is 238 g/mol. The summed E-state index contributed by atoms with van der Waals surface area (Å²) in [6.07, 6.45) is 3.38. The van der Waals surface area contributed by atoms with Crippen LogP contribution in [0, 0.1) is 0 Å². The summed E-state index contributed by atoms with van der Waals surface area (Å²) < 4.78 is 23.0. The maximum absolute atomic E-state index is 12.0. The van der Waals surface area contributed by atoms with Gasteiger partial charge in [0.1, 0.15) is 0 Å². The average Bonchev–Trinajstić information content (AvgIpc) is 2.61. The van der Waals surface area contributed by atoms with E-state index in [2.05, 4.69) is 0 Å². The second-order valence-electron chi connectivity index (χ2n) is 5.97. The van der Waals surface area contributed by atoms with Gasteiger partial charge in [-0.1, -0.05) is 12.8 Å². The van der Waals surface area contributed by atoms with Gasteiger partial charge in [-0.3, -0.25) is 4.79 Å². The SMILES string of the molecule is CC(C)(C)S(=O)(=O)CCC(=O)C1(N)CCCC1. The summed E-state index contributed by atoms with van der Waals surface area (Å²) in [6.45, 7) is 4.96. The number of hydrogen-bond acceptors (Lipinski definition) is 4. The molecule has 0 heterocycles. The lowest BCUT2D eigenvalue weighted by atomic mass is 9.92. The largest absolute Gasteiger partial charge is 0.319 e. The highest BCUT2D eigenvalue weighted by Gasteiger charge is 2.38. The monoisotopic (exact) mass is 261 g/mol. The first-order valence-electron chi connectivity index (χ1n) is 6.13. The molecule has 1 rings (SSSR count). The first-order valence-corrected chi connectivity index (χ1v) is 7.78. The summed E-state index contributed by atoms with van der Waals surface area (Å²) in [5.74, 6) is -0.184. The van der Waals surface area contributed by atoms with Crippen LogP contribution in [0.4, 0.5) is 0 Å². The molecule has 5 heteroatoms. The summed E-state index contributed by atoms with van der Waals surface area (Å²) in [6, 6.07) is 0. The molecule has 4 nitrogen and oxygen atoms in total. The molecule has 2 N–H and O–H groups in total. The minimum Gasteiger partial charge on any atom is -0.319 e. The Hall–Kier alpha value is -0.420. The molecule has 0 spiro atoms. The van der Waals surface area contributed by atoms with Gasteiger partial charge in [0, 0.05) is 6.42 Å². The van der Waals surface area contributed by atoms with Gasteiger partial charge in [-0.05, 0) is 33.6 Å². The molecule has 0 aliphatic heterocycles. The van der Waals surface area contributed by atoms with Gasteiger partial charge in [0.2, 0.25) is 0 Å². The summed E-state index contributed by atoms with van der Waals surface area (Å²) in [5, 5.41) is 0. The van der Waals surface area contributed by atoms with Crippen molar-refractivity contribution in [1.29, 1.82) is 0 Å². The molecule has 0 aromatic heterocycles. The Morgan fingerprint density at radius 3 is 2.12 bits per heavy atom. The fraction of sp³-hybridized carbons (Fsp3) is 0.917. The number of hydrogen-bond donors (Lipinski definition) is 1. The van der Waals surface area contributed by atoms with E-state index in [9.17, 15) is 13.2 Å². The Kier molecular flexibility index (Phi) is 4.04. The Bertz CT molecular complexity index is 386. The number of carbonyl (C=O) groups excluding carboxylic acids is 1. The quantitative estimate of drug-likeness (QED) is 0.830. The van der Waals surface area contributed by atoms with Gasteiger partial charge in [-0.2, -0.15) is 0 Å². The van der Waals surface area contributed by atoms with Gasteiger partial charge in [0.15, 0.2) is 15.6 Å². The van der Waals surface area contributed by atoms with Crippen molar-refractivity contribution in [2.24, 2.45) is 5.73 Å². The van der Waals surface area contributed by atoms with Crippen LogP contribution in [0.2, 0.25) is 0 Å². The molecule has 0 radical (unpaired) electrons. The zero-order chi connectivity index (χ0) is 13.3. The average molecular weight is 261 g/mol. The topological polar surface area (TPSA) is 77.2 Å². The van der Waals surface area contributed by atoms with Crippen LogP contribution in [-0.4, -0.2) is 30.2 Å². The molecule has 0 saturated heterocycles. The Morgan fingerprint density at radius 1 is 1.24 bits per heavy atom. The molecule has 0 unspecified atom stereocenters. The van der Waals surface area contributed by atoms with Crippen LogP contribution in [0.25, 0.3) is 0 Å². The van der Waals surface area contributed by atoms with Crippen molar-refractivity contribution < 1.29 is 13.2 Å². The highest BCUT2D eigenvalue weighted by atomic mass is 32.2. The van der Waals surface area contributed by atoms with Crippen molar-refractivity contribution >= 4 is 15.6 Å². The van der Waals surface area contributed by atoms with Crippen LogP contribution in [-0.2, 0) is 14.6 Å². The van der Waals surface area contributed by atoms with Crippen molar-refractivity contribution in [3.63, 3.8) is 0 Å². The van der Waals surface area contributed by atoms with Gasteiger partial charge in [0.05, 0.1) is 16.0 Å². The summed E-state index contributed by atoms with van der Waals surface area (Å²) in [7, 11) is -3.23. The molecule has 0 atom stereocenters. The van der Waals surface area contributed by atoms with Crippen LogP contribution >= 0.6 is 0 Å². The summed E-state index contributed by atoms with van der Waals surface area (Å²) >= 11 is 0. The van der Waals surface area contributed by atoms with Crippen LogP contribution < -0.4 is 5.73 Å². The van der Waals surface area contributed by atoms with Crippen molar-refractivity contribution in [3.8, 4) is 0 Å². The Balaban J connectivity index is 2.60. The van der Waals surface area contributed by atoms with Crippen molar-refractivity contribution in [2.75, 3.05) is 5.75 Å². The van der Waals surface area contributed by atoms with Crippen LogP contribution in [0.15, 0.2) is 0 Å². The lowest BCUT2D eigenvalue weighted by Gasteiger charge is -2.23. The van der Waals surface area contributed by atoms with Crippen molar-refractivity contribution in [2.45, 2.75) is 63.2 Å². The standard InChI is InChI=1S/C12H23NO3S/c1-11(2,3)17(15,16)9-6-10(14)12(13)7-4-5-8-12/h4-9,13H2,1-3H3. The summed E-state index contributed by atoms with van der Waals surface area (Å²) in [4.78, 5) is 12.0. The molecule has 1 aliphatic carbocycles. The molecule has 0 bridgehead atoms. The molecule has 0 amide bonds. The van der Waals surface area contributed by atoms with Crippen LogP contribution in [0.1, 0.15) is 52.9 Å². The zero-order valence-electron chi connectivity index (χ0n) is 11.0. The predicted molar refractivity (Wildman–Crippen MR) is 68.6 cm³/mol. The fourth-order valence-electron chi connectivity index (χ4n) is 2.07. The highest BCUT2D eigenvalue weighted by molar-refractivity contribution is 7.92. The zero-order valence-corrected chi connectivity index (χ0v) is 11.8. The Morgan fingerprint density at radius 2 is 1.71 bits per heavy atom. The lowest BCUT2D eigenvalue weighted by molar-refractivity contribution is -0.123. The molecular formula is C12H23NO3S. The number of sulfone groups is 1. The van der Waals surface area contributed by atoms with E-state index >= 15 is 0 Å². The smallest absolute Gasteiger partial charge is 0.155 e. The van der Waals surface area contributed by atoms with Gasteiger partial charge < -0.3 is 5.73 Å². The Labute approximate surface area is 104 Å². The second-order valence-corrected chi connectivity index (χ2v) is 8.83. The highest BCUT2D eigenvalue weighted by Crippen LogP contribution is 2.29. The van der Waals surface area contributed by atoms with E-state index in [4.69, 9.17) is 5.73 Å². The number of Topliss-reactive ketones (excluding diaryl/α,β-unsaturated/α-hetero) is 1. The minimum absolute atomic E-state index is 0.0517. The maximum Gasteiger partial charge on any atom is 0.155 e. The molecule has 1 saturated carbocycles. The van der Waals surface area contributed by atoms with E-state index in [-0.39, 0.29) is 18.0 Å². The van der Waals surface area contributed by atoms with Crippen LogP contribution in [0.5, 0.6) is 0 Å². The van der Waals surface area contributed by atoms with Gasteiger partial charge in [-0.25, -0.2) is 8.42 Å². The van der Waals surface area contributed by atoms with Crippen molar-refractivity contribution in [1.82, 2.24) is 0 Å². The third kappa shape index (κ3) is 3.28. The third-order valence-corrected chi connectivity index (χ3v) is 6.19. The molecule has 17 heavy (non-hydrogen) atoms. The first kappa shape index (κ1) is 14.6. The van der Waals surface area contributed by atoms with E-state index in [0.717, 1.165) is 12.8 Å². The predicted octanol–water partition coefficient (Wildman–Crippen LogP) is 1.43.